The van der Waals surface area contributed by atoms with Crippen molar-refractivity contribution in [2.24, 2.45) is 5.10 Å². The van der Waals surface area contributed by atoms with Crippen LogP contribution in [0.15, 0.2) is 57.4 Å². The van der Waals surface area contributed by atoms with Crippen LogP contribution < -0.4 is 4.83 Å². The molecule has 0 amide bonds. The van der Waals surface area contributed by atoms with E-state index in [1.807, 2.05) is 44.2 Å². The molecule has 0 spiro atoms. The first-order chi connectivity index (χ1) is 9.99. The summed E-state index contributed by atoms with van der Waals surface area (Å²) in [6, 6.07) is 13.0. The molecule has 0 heterocycles. The number of hydrogen-bond acceptors (Lipinski definition) is 3. The molecule has 2 aromatic rings. The Morgan fingerprint density at radius 2 is 1.86 bits per heavy atom. The van der Waals surface area contributed by atoms with E-state index in [2.05, 4.69) is 22.6 Å². The average Bonchev–Trinajstić information content (AvgIpc) is 2.45. The highest BCUT2D eigenvalue weighted by Gasteiger charge is 2.09. The highest BCUT2D eigenvalue weighted by atomic mass is 35.5. The summed E-state index contributed by atoms with van der Waals surface area (Å²) in [7, 11) is -1.45. The molecule has 0 aliphatic rings. The molecule has 2 rings (SSSR count). The van der Waals surface area contributed by atoms with Crippen molar-refractivity contribution < 1.29 is 4.21 Å². The summed E-state index contributed by atoms with van der Waals surface area (Å²) in [5.74, 6) is 0. The van der Waals surface area contributed by atoms with Crippen molar-refractivity contribution in [3.63, 3.8) is 0 Å². The largest absolute Gasteiger partial charge is 0.230 e. The summed E-state index contributed by atoms with van der Waals surface area (Å²) in [6.45, 7) is 3.89. The second-order valence-corrected chi connectivity index (χ2v) is 6.58. The van der Waals surface area contributed by atoms with Gasteiger partial charge in [-0.25, -0.2) is 9.04 Å². The zero-order chi connectivity index (χ0) is 15.4. The van der Waals surface area contributed by atoms with Crippen LogP contribution in [0.1, 0.15) is 16.7 Å². The molecule has 110 valence electrons. The predicted octanol–water partition coefficient (Wildman–Crippen LogP) is 3.80. The molecular formula is C15H15ClN2OS2. The fraction of sp³-hybridized carbons (Fsp3) is 0.133. The Kier molecular flexibility index (Phi) is 5.45. The number of nitrogens with one attached hydrogen (secondary N) is 1. The molecule has 0 aliphatic carbocycles. The molecule has 0 saturated carbocycles. The van der Waals surface area contributed by atoms with Crippen molar-refractivity contribution in [1.82, 2.24) is 4.83 Å². The topological polar surface area (TPSA) is 41.5 Å². The van der Waals surface area contributed by atoms with Gasteiger partial charge in [-0.1, -0.05) is 41.4 Å². The second kappa shape index (κ2) is 7.11. The third kappa shape index (κ3) is 4.09. The molecule has 0 aromatic heterocycles. The zero-order valence-electron chi connectivity index (χ0n) is 11.6. The van der Waals surface area contributed by atoms with Crippen molar-refractivity contribution in [2.45, 2.75) is 23.6 Å². The van der Waals surface area contributed by atoms with E-state index in [-0.39, 0.29) is 5.17 Å². The van der Waals surface area contributed by atoms with Gasteiger partial charge in [0, 0.05) is 10.5 Å². The molecule has 0 saturated heterocycles. The number of aryl methyl sites for hydroxylation is 2. The Hall–Kier alpha value is -1.30. The molecule has 0 bridgehead atoms. The smallest absolute Gasteiger partial charge is 0.166 e. The minimum absolute atomic E-state index is 0.235. The molecule has 1 unspecified atom stereocenters. The van der Waals surface area contributed by atoms with Crippen LogP contribution in [0, 0.1) is 13.8 Å². The molecule has 6 heteroatoms. The van der Waals surface area contributed by atoms with Crippen molar-refractivity contribution >= 4 is 40.4 Å². The maximum atomic E-state index is 12.1. The number of halogens is 1. The van der Waals surface area contributed by atoms with E-state index >= 15 is 0 Å². The number of benzene rings is 2. The first-order valence-electron chi connectivity index (χ1n) is 6.25. The standard InChI is InChI=1S/C15H15ClN2OS2/c1-10-6-8-12(9-7-10)21(19)18-17-15(16)14-11(2)4-3-5-13(14)20/h3-9,18,20H,1-2H3/b17-15+. The van der Waals surface area contributed by atoms with Gasteiger partial charge < -0.3 is 0 Å². The lowest BCUT2D eigenvalue weighted by Crippen LogP contribution is -2.13. The van der Waals surface area contributed by atoms with E-state index in [9.17, 15) is 4.21 Å². The maximum Gasteiger partial charge on any atom is 0.166 e. The van der Waals surface area contributed by atoms with E-state index < -0.39 is 11.0 Å². The second-order valence-electron chi connectivity index (χ2n) is 4.54. The van der Waals surface area contributed by atoms with Crippen molar-refractivity contribution in [3.05, 3.63) is 59.2 Å². The molecule has 0 aliphatic heterocycles. The van der Waals surface area contributed by atoms with Crippen LogP contribution >= 0.6 is 24.2 Å². The van der Waals surface area contributed by atoms with Gasteiger partial charge in [0.25, 0.3) is 0 Å². The van der Waals surface area contributed by atoms with Gasteiger partial charge in [0.1, 0.15) is 0 Å². The number of hydrazone groups is 1. The molecule has 0 radical (unpaired) electrons. The number of rotatable bonds is 4. The minimum Gasteiger partial charge on any atom is -0.230 e. The molecule has 21 heavy (non-hydrogen) atoms. The van der Waals surface area contributed by atoms with Crippen LogP contribution in [0.5, 0.6) is 0 Å². The van der Waals surface area contributed by atoms with Crippen LogP contribution in [0.3, 0.4) is 0 Å². The van der Waals surface area contributed by atoms with Gasteiger partial charge in [-0.05, 0) is 37.6 Å². The number of hydrogen-bond donors (Lipinski definition) is 2. The van der Waals surface area contributed by atoms with Gasteiger partial charge in [-0.15, -0.1) is 12.6 Å². The van der Waals surface area contributed by atoms with Crippen LogP contribution in [0.4, 0.5) is 0 Å². The summed E-state index contributed by atoms with van der Waals surface area (Å²) >= 11 is 10.5. The fourth-order valence-electron chi connectivity index (χ4n) is 1.77. The number of thiol groups is 1. The molecule has 2 aromatic carbocycles. The number of nitrogens with zero attached hydrogens (tertiary/aromatic N) is 1. The first kappa shape index (κ1) is 16.1. The predicted molar refractivity (Wildman–Crippen MR) is 91.5 cm³/mol. The Bertz CT molecular complexity index is 679. The van der Waals surface area contributed by atoms with E-state index in [1.165, 1.54) is 0 Å². The molecule has 0 fully saturated rings. The van der Waals surface area contributed by atoms with E-state index in [0.717, 1.165) is 21.6 Å². The summed E-state index contributed by atoms with van der Waals surface area (Å²) in [6.07, 6.45) is 0. The lowest BCUT2D eigenvalue weighted by Gasteiger charge is -2.07. The highest BCUT2D eigenvalue weighted by Crippen LogP contribution is 2.20. The van der Waals surface area contributed by atoms with Crippen LogP contribution in [0.25, 0.3) is 0 Å². The molecular weight excluding hydrogens is 324 g/mol. The monoisotopic (exact) mass is 338 g/mol. The first-order valence-corrected chi connectivity index (χ1v) is 8.23. The van der Waals surface area contributed by atoms with Gasteiger partial charge in [-0.3, -0.25) is 0 Å². The summed E-state index contributed by atoms with van der Waals surface area (Å²) in [5, 5.41) is 4.23. The van der Waals surface area contributed by atoms with Crippen LogP contribution in [-0.2, 0) is 11.0 Å². The quantitative estimate of drug-likeness (QED) is 0.497. The van der Waals surface area contributed by atoms with Crippen LogP contribution in [-0.4, -0.2) is 9.38 Å². The average molecular weight is 339 g/mol. The highest BCUT2D eigenvalue weighted by molar-refractivity contribution is 7.83. The lowest BCUT2D eigenvalue weighted by atomic mass is 10.1. The molecule has 3 nitrogen and oxygen atoms in total. The SMILES string of the molecule is Cc1ccc(S(=O)N/N=C(/Cl)c2c(C)cccc2S)cc1. The van der Waals surface area contributed by atoms with Crippen molar-refractivity contribution in [3.8, 4) is 0 Å². The van der Waals surface area contributed by atoms with Gasteiger partial charge in [-0.2, -0.15) is 5.10 Å². The Balaban J connectivity index is 2.17. The van der Waals surface area contributed by atoms with E-state index in [4.69, 9.17) is 11.6 Å². The lowest BCUT2D eigenvalue weighted by molar-refractivity contribution is 0.675. The fourth-order valence-corrected chi connectivity index (χ4v) is 3.21. The summed E-state index contributed by atoms with van der Waals surface area (Å²) in [4.78, 5) is 3.94. The Morgan fingerprint density at radius 1 is 1.19 bits per heavy atom. The third-order valence-electron chi connectivity index (χ3n) is 2.92. The van der Waals surface area contributed by atoms with Gasteiger partial charge in [0.2, 0.25) is 0 Å². The summed E-state index contributed by atoms with van der Waals surface area (Å²) < 4.78 is 12.1. The zero-order valence-corrected chi connectivity index (χ0v) is 14.1. The van der Waals surface area contributed by atoms with Crippen molar-refractivity contribution in [1.29, 1.82) is 0 Å². The Morgan fingerprint density at radius 3 is 2.48 bits per heavy atom. The Labute approximate surface area is 137 Å². The third-order valence-corrected chi connectivity index (χ3v) is 4.52. The van der Waals surface area contributed by atoms with E-state index in [1.54, 1.807) is 12.1 Å². The molecule has 1 atom stereocenters. The van der Waals surface area contributed by atoms with Gasteiger partial charge >= 0.3 is 0 Å². The van der Waals surface area contributed by atoms with Gasteiger partial charge in [0.05, 0.1) is 4.90 Å². The van der Waals surface area contributed by atoms with Crippen LogP contribution in [0.2, 0.25) is 0 Å². The van der Waals surface area contributed by atoms with E-state index in [0.29, 0.717) is 4.90 Å². The van der Waals surface area contributed by atoms with Crippen molar-refractivity contribution in [2.75, 3.05) is 0 Å². The minimum atomic E-state index is -1.45. The van der Waals surface area contributed by atoms with Gasteiger partial charge in [0.15, 0.2) is 16.2 Å². The normalized spacial score (nSPS) is 13.0. The molecule has 1 N–H and O–H groups in total. The summed E-state index contributed by atoms with van der Waals surface area (Å²) in [5.41, 5.74) is 2.80. The maximum absolute atomic E-state index is 12.1.